The molecule has 0 radical (unpaired) electrons. The molecule has 2 aliphatic rings. The van der Waals surface area contributed by atoms with Crippen LogP contribution in [0.1, 0.15) is 42.1 Å². The fourth-order valence-corrected chi connectivity index (χ4v) is 4.00. The third kappa shape index (κ3) is 3.69. The van der Waals surface area contributed by atoms with E-state index in [0.29, 0.717) is 12.0 Å². The first-order valence-corrected chi connectivity index (χ1v) is 10.1. The molecule has 0 unspecified atom stereocenters. The fourth-order valence-electron chi connectivity index (χ4n) is 4.00. The highest BCUT2D eigenvalue weighted by molar-refractivity contribution is 5.81. The molecule has 0 saturated carbocycles. The Morgan fingerprint density at radius 3 is 2.86 bits per heavy atom. The van der Waals surface area contributed by atoms with E-state index < -0.39 is 0 Å². The van der Waals surface area contributed by atoms with Gasteiger partial charge >= 0.3 is 0 Å². The molecular weight excluding hydrogens is 350 g/mol. The average molecular weight is 380 g/mol. The number of allylic oxidation sites excluding steroid dienone is 1. The van der Waals surface area contributed by atoms with Gasteiger partial charge < -0.3 is 20.7 Å². The summed E-state index contributed by atoms with van der Waals surface area (Å²) in [6.45, 7) is 8.04. The van der Waals surface area contributed by atoms with E-state index in [1.165, 1.54) is 22.3 Å². The highest BCUT2D eigenvalue weighted by Crippen LogP contribution is 2.42. The lowest BCUT2D eigenvalue weighted by Gasteiger charge is -2.19. The molecule has 3 heterocycles. The molecule has 0 fully saturated rings. The van der Waals surface area contributed by atoms with Crippen LogP contribution in [-0.2, 0) is 6.42 Å². The van der Waals surface area contributed by atoms with Crippen molar-refractivity contribution in [1.82, 2.24) is 15.3 Å². The first-order valence-electron chi connectivity index (χ1n) is 10.1. The molecule has 148 valence electrons. The highest BCUT2D eigenvalue weighted by atomic mass is 16.5. The minimum atomic E-state index is 0.532. The van der Waals surface area contributed by atoms with E-state index >= 15 is 0 Å². The number of aromatic nitrogens is 2. The van der Waals surface area contributed by atoms with Gasteiger partial charge in [-0.05, 0) is 50.8 Å². The van der Waals surface area contributed by atoms with E-state index in [9.17, 15) is 0 Å². The van der Waals surface area contributed by atoms with Crippen LogP contribution in [0.2, 0.25) is 0 Å². The summed E-state index contributed by atoms with van der Waals surface area (Å²) < 4.78 is 6.06. The molecule has 3 N–H and O–H groups in total. The SMILES string of the molecule is CNc1cc(C)nc(Nc2cc3c(c(C4=CCN[C@H](C)CC4)c2C)OCC3)n1. The van der Waals surface area contributed by atoms with Crippen molar-refractivity contribution in [3.8, 4) is 5.75 Å². The summed E-state index contributed by atoms with van der Waals surface area (Å²) in [5.41, 5.74) is 7.05. The standard InChI is InChI=1S/C22H29N5O/c1-13-5-6-16(7-9-24-13)20-15(3)18(12-17-8-10-28-21(17)20)26-22-25-14(2)11-19(23-4)27-22/h7,11-13,24H,5-6,8-10H2,1-4H3,(H2,23,25,26,27)/t13-/m1/s1. The smallest absolute Gasteiger partial charge is 0.229 e. The van der Waals surface area contributed by atoms with Gasteiger partial charge in [-0.3, -0.25) is 0 Å². The molecule has 2 aliphatic heterocycles. The van der Waals surface area contributed by atoms with Crippen LogP contribution in [-0.4, -0.2) is 36.2 Å². The molecule has 1 aromatic heterocycles. The van der Waals surface area contributed by atoms with Gasteiger partial charge in [-0.15, -0.1) is 0 Å². The molecule has 1 atom stereocenters. The van der Waals surface area contributed by atoms with Gasteiger partial charge in [0.25, 0.3) is 0 Å². The lowest BCUT2D eigenvalue weighted by Crippen LogP contribution is -2.24. The van der Waals surface area contributed by atoms with E-state index in [2.05, 4.69) is 51.9 Å². The minimum absolute atomic E-state index is 0.532. The number of nitrogens with one attached hydrogen (secondary N) is 3. The largest absolute Gasteiger partial charge is 0.492 e. The molecule has 6 heteroatoms. The van der Waals surface area contributed by atoms with Crippen molar-refractivity contribution in [1.29, 1.82) is 0 Å². The molecule has 0 saturated heterocycles. The van der Waals surface area contributed by atoms with E-state index in [-0.39, 0.29) is 0 Å². The van der Waals surface area contributed by atoms with Crippen LogP contribution in [0.15, 0.2) is 18.2 Å². The van der Waals surface area contributed by atoms with Crippen LogP contribution >= 0.6 is 0 Å². The van der Waals surface area contributed by atoms with E-state index in [4.69, 9.17) is 4.74 Å². The van der Waals surface area contributed by atoms with Crippen LogP contribution in [0.4, 0.5) is 17.5 Å². The zero-order chi connectivity index (χ0) is 19.7. The number of benzene rings is 1. The Kier molecular flexibility index (Phi) is 5.22. The first-order chi connectivity index (χ1) is 13.5. The molecule has 0 amide bonds. The second kappa shape index (κ2) is 7.80. The zero-order valence-electron chi connectivity index (χ0n) is 17.1. The summed E-state index contributed by atoms with van der Waals surface area (Å²) in [6, 6.07) is 4.67. The van der Waals surface area contributed by atoms with Crippen LogP contribution in [0, 0.1) is 13.8 Å². The Morgan fingerprint density at radius 1 is 1.18 bits per heavy atom. The molecule has 0 aliphatic carbocycles. The predicted octanol–water partition coefficient (Wildman–Crippen LogP) is 3.97. The van der Waals surface area contributed by atoms with Gasteiger partial charge in [0.15, 0.2) is 0 Å². The molecule has 28 heavy (non-hydrogen) atoms. The summed E-state index contributed by atoms with van der Waals surface area (Å²) in [5.74, 6) is 2.48. The number of nitrogens with zero attached hydrogens (tertiary/aromatic N) is 2. The van der Waals surface area contributed by atoms with Crippen LogP contribution in [0.5, 0.6) is 5.75 Å². The van der Waals surface area contributed by atoms with E-state index in [1.54, 1.807) is 0 Å². The average Bonchev–Trinajstić information content (AvgIpc) is 3.02. The summed E-state index contributed by atoms with van der Waals surface area (Å²) >= 11 is 0. The number of ether oxygens (including phenoxy) is 1. The van der Waals surface area contributed by atoms with Gasteiger partial charge in [0.2, 0.25) is 5.95 Å². The van der Waals surface area contributed by atoms with Crippen molar-refractivity contribution in [2.24, 2.45) is 0 Å². The number of fused-ring (bicyclic) bond motifs is 1. The number of rotatable bonds is 4. The number of hydrogen-bond acceptors (Lipinski definition) is 6. The van der Waals surface area contributed by atoms with Gasteiger partial charge in [-0.1, -0.05) is 6.08 Å². The van der Waals surface area contributed by atoms with Crippen molar-refractivity contribution < 1.29 is 4.74 Å². The maximum atomic E-state index is 6.06. The van der Waals surface area contributed by atoms with Crippen molar-refractivity contribution in [2.75, 3.05) is 30.8 Å². The number of aryl methyl sites for hydroxylation is 1. The van der Waals surface area contributed by atoms with E-state index in [0.717, 1.165) is 55.4 Å². The fraction of sp³-hybridized carbons (Fsp3) is 0.455. The van der Waals surface area contributed by atoms with Crippen molar-refractivity contribution >= 4 is 23.0 Å². The second-order valence-corrected chi connectivity index (χ2v) is 7.68. The third-order valence-corrected chi connectivity index (χ3v) is 5.57. The maximum Gasteiger partial charge on any atom is 0.229 e. The maximum absolute atomic E-state index is 6.06. The van der Waals surface area contributed by atoms with Gasteiger partial charge in [0, 0.05) is 54.6 Å². The number of anilines is 3. The van der Waals surface area contributed by atoms with Crippen LogP contribution < -0.4 is 20.7 Å². The molecule has 2 aromatic rings. The van der Waals surface area contributed by atoms with Gasteiger partial charge in [0.05, 0.1) is 6.61 Å². The van der Waals surface area contributed by atoms with Crippen LogP contribution in [0.3, 0.4) is 0 Å². The Balaban J connectivity index is 1.75. The van der Waals surface area contributed by atoms with Crippen molar-refractivity contribution in [2.45, 2.75) is 46.1 Å². The summed E-state index contributed by atoms with van der Waals surface area (Å²) in [7, 11) is 1.87. The van der Waals surface area contributed by atoms with E-state index in [1.807, 2.05) is 20.0 Å². The minimum Gasteiger partial charge on any atom is -0.492 e. The Morgan fingerprint density at radius 2 is 2.04 bits per heavy atom. The predicted molar refractivity (Wildman–Crippen MR) is 115 cm³/mol. The lowest BCUT2D eigenvalue weighted by molar-refractivity contribution is 0.355. The Bertz CT molecular complexity index is 922. The zero-order valence-corrected chi connectivity index (χ0v) is 17.1. The van der Waals surface area contributed by atoms with Crippen molar-refractivity contribution in [3.63, 3.8) is 0 Å². The van der Waals surface area contributed by atoms with Crippen LogP contribution in [0.25, 0.3) is 5.57 Å². The normalized spacial score (nSPS) is 18.7. The van der Waals surface area contributed by atoms with Gasteiger partial charge in [-0.2, -0.15) is 4.98 Å². The van der Waals surface area contributed by atoms with Gasteiger partial charge in [0.1, 0.15) is 11.6 Å². The second-order valence-electron chi connectivity index (χ2n) is 7.68. The quantitative estimate of drug-likeness (QED) is 0.747. The molecular formula is C22H29N5O. The summed E-state index contributed by atoms with van der Waals surface area (Å²) in [4.78, 5) is 9.12. The Hall–Kier alpha value is -2.60. The molecule has 0 spiro atoms. The highest BCUT2D eigenvalue weighted by Gasteiger charge is 2.24. The van der Waals surface area contributed by atoms with Gasteiger partial charge in [-0.25, -0.2) is 4.98 Å². The monoisotopic (exact) mass is 379 g/mol. The number of hydrogen-bond donors (Lipinski definition) is 3. The molecule has 6 nitrogen and oxygen atoms in total. The lowest BCUT2D eigenvalue weighted by atomic mass is 9.91. The summed E-state index contributed by atoms with van der Waals surface area (Å²) in [6.07, 6.45) is 5.44. The summed E-state index contributed by atoms with van der Waals surface area (Å²) in [5, 5.41) is 10.1. The Labute approximate surface area is 166 Å². The first kappa shape index (κ1) is 18.7. The molecule has 1 aromatic carbocycles. The topological polar surface area (TPSA) is 71.1 Å². The molecule has 4 rings (SSSR count). The third-order valence-electron chi connectivity index (χ3n) is 5.57. The molecule has 0 bridgehead atoms. The van der Waals surface area contributed by atoms with Crippen molar-refractivity contribution in [3.05, 3.63) is 40.6 Å².